The van der Waals surface area contributed by atoms with Gasteiger partial charge in [0, 0.05) is 18.7 Å². The van der Waals surface area contributed by atoms with Crippen molar-refractivity contribution in [3.8, 4) is 11.5 Å². The molecule has 0 unspecified atom stereocenters. The number of nitrogens with one attached hydrogen (secondary N) is 1. The summed E-state index contributed by atoms with van der Waals surface area (Å²) >= 11 is 0. The summed E-state index contributed by atoms with van der Waals surface area (Å²) in [4.78, 5) is 14.6. The van der Waals surface area contributed by atoms with Gasteiger partial charge in [0.2, 0.25) is 5.75 Å². The average molecular weight is 273 g/mol. The van der Waals surface area contributed by atoms with Crippen molar-refractivity contribution >= 4 is 11.4 Å². The molecular formula is C14H15N3O3. The topological polar surface area (TPSA) is 77.3 Å². The van der Waals surface area contributed by atoms with Gasteiger partial charge in [-0.2, -0.15) is 0 Å². The van der Waals surface area contributed by atoms with E-state index in [-0.39, 0.29) is 11.4 Å². The van der Waals surface area contributed by atoms with E-state index in [0.29, 0.717) is 5.75 Å². The molecule has 6 nitrogen and oxygen atoms in total. The van der Waals surface area contributed by atoms with E-state index < -0.39 is 4.92 Å². The summed E-state index contributed by atoms with van der Waals surface area (Å²) in [5, 5.41) is 14.1. The van der Waals surface area contributed by atoms with Crippen LogP contribution in [0, 0.1) is 17.0 Å². The Kier molecular flexibility index (Phi) is 4.14. The van der Waals surface area contributed by atoms with E-state index >= 15 is 0 Å². The Morgan fingerprint density at radius 1 is 1.35 bits per heavy atom. The lowest BCUT2D eigenvalue weighted by Gasteiger charge is -2.08. The van der Waals surface area contributed by atoms with E-state index in [0.717, 1.165) is 17.8 Å². The van der Waals surface area contributed by atoms with Crippen LogP contribution in [0.2, 0.25) is 0 Å². The van der Waals surface area contributed by atoms with Crippen molar-refractivity contribution in [1.82, 2.24) is 4.98 Å². The molecule has 6 heteroatoms. The van der Waals surface area contributed by atoms with E-state index in [9.17, 15) is 10.1 Å². The van der Waals surface area contributed by atoms with Crippen molar-refractivity contribution in [1.29, 1.82) is 0 Å². The molecule has 20 heavy (non-hydrogen) atoms. The van der Waals surface area contributed by atoms with E-state index in [1.165, 1.54) is 12.3 Å². The summed E-state index contributed by atoms with van der Waals surface area (Å²) in [7, 11) is 0. The Bertz CT molecular complexity index is 629. The number of hydrogen-bond donors (Lipinski definition) is 1. The molecule has 0 bridgehead atoms. The first-order valence-corrected chi connectivity index (χ1v) is 6.22. The smallest absolute Gasteiger partial charge is 0.311 e. The average Bonchev–Trinajstić information content (AvgIpc) is 2.41. The summed E-state index contributed by atoms with van der Waals surface area (Å²) < 4.78 is 5.57. The number of benzene rings is 1. The molecule has 0 atom stereocenters. The first-order valence-electron chi connectivity index (χ1n) is 6.22. The molecule has 0 aliphatic carbocycles. The number of hydrogen-bond acceptors (Lipinski definition) is 5. The Balaban J connectivity index is 2.30. The Hall–Kier alpha value is -2.63. The minimum atomic E-state index is -0.454. The molecule has 0 aliphatic rings. The molecule has 0 amide bonds. The van der Waals surface area contributed by atoms with Crippen molar-refractivity contribution in [2.24, 2.45) is 0 Å². The van der Waals surface area contributed by atoms with Crippen LogP contribution in [0.15, 0.2) is 36.7 Å². The van der Waals surface area contributed by atoms with Gasteiger partial charge in [0.25, 0.3) is 0 Å². The van der Waals surface area contributed by atoms with Crippen molar-refractivity contribution in [3.63, 3.8) is 0 Å². The van der Waals surface area contributed by atoms with Crippen LogP contribution in [0.5, 0.6) is 11.5 Å². The third-order valence-corrected chi connectivity index (χ3v) is 2.63. The molecule has 2 aromatic rings. The van der Waals surface area contributed by atoms with Gasteiger partial charge in [-0.25, -0.2) is 0 Å². The van der Waals surface area contributed by atoms with Gasteiger partial charge in [-0.15, -0.1) is 0 Å². The fourth-order valence-electron chi connectivity index (χ4n) is 1.76. The van der Waals surface area contributed by atoms with Crippen LogP contribution in [-0.4, -0.2) is 16.5 Å². The molecule has 2 rings (SSSR count). The standard InChI is InChI=1S/C14H15N3O3/c1-3-16-11-7-12(9-15-8-11)20-14-5-4-10(2)6-13(14)17(18)19/h4-9,16H,3H2,1-2H3. The molecule has 0 saturated heterocycles. The highest BCUT2D eigenvalue weighted by Gasteiger charge is 2.16. The number of anilines is 1. The molecule has 1 aromatic heterocycles. The highest BCUT2D eigenvalue weighted by atomic mass is 16.6. The second-order valence-corrected chi connectivity index (χ2v) is 4.27. The van der Waals surface area contributed by atoms with Crippen LogP contribution in [0.4, 0.5) is 11.4 Å². The number of rotatable bonds is 5. The van der Waals surface area contributed by atoms with E-state index in [4.69, 9.17) is 4.74 Å². The first kappa shape index (κ1) is 13.8. The van der Waals surface area contributed by atoms with Gasteiger partial charge in [0.15, 0.2) is 0 Å². The molecule has 0 radical (unpaired) electrons. The fraction of sp³-hybridized carbons (Fsp3) is 0.214. The Morgan fingerprint density at radius 2 is 2.15 bits per heavy atom. The van der Waals surface area contributed by atoms with Crippen molar-refractivity contribution < 1.29 is 9.66 Å². The summed E-state index contributed by atoms with van der Waals surface area (Å²) in [6.45, 7) is 4.53. The van der Waals surface area contributed by atoms with Crippen molar-refractivity contribution in [2.45, 2.75) is 13.8 Å². The molecule has 0 saturated carbocycles. The number of aromatic nitrogens is 1. The normalized spacial score (nSPS) is 10.1. The van der Waals surface area contributed by atoms with Crippen LogP contribution in [0.3, 0.4) is 0 Å². The molecule has 0 aliphatic heterocycles. The zero-order valence-electron chi connectivity index (χ0n) is 11.3. The molecule has 0 spiro atoms. The van der Waals surface area contributed by atoms with E-state index in [2.05, 4.69) is 10.3 Å². The lowest BCUT2D eigenvalue weighted by atomic mass is 10.2. The number of pyridine rings is 1. The first-order chi connectivity index (χ1) is 9.60. The van der Waals surface area contributed by atoms with Crippen molar-refractivity contribution in [2.75, 3.05) is 11.9 Å². The van der Waals surface area contributed by atoms with Gasteiger partial charge >= 0.3 is 5.69 Å². The maximum absolute atomic E-state index is 11.0. The number of nitro benzene ring substituents is 1. The predicted molar refractivity (Wildman–Crippen MR) is 76.3 cm³/mol. The van der Waals surface area contributed by atoms with Gasteiger partial charge in [0.05, 0.1) is 23.0 Å². The lowest BCUT2D eigenvalue weighted by Crippen LogP contribution is -1.98. The van der Waals surface area contributed by atoms with Crippen LogP contribution in [0.25, 0.3) is 0 Å². The van der Waals surface area contributed by atoms with Crippen molar-refractivity contribution in [3.05, 3.63) is 52.3 Å². The summed E-state index contributed by atoms with van der Waals surface area (Å²) in [5.41, 5.74) is 1.56. The van der Waals surface area contributed by atoms with Crippen LogP contribution in [-0.2, 0) is 0 Å². The maximum atomic E-state index is 11.0. The maximum Gasteiger partial charge on any atom is 0.311 e. The predicted octanol–water partition coefficient (Wildman–Crippen LogP) is 3.52. The van der Waals surface area contributed by atoms with Gasteiger partial charge in [-0.05, 0) is 25.5 Å². The van der Waals surface area contributed by atoms with E-state index in [1.54, 1.807) is 31.3 Å². The molecule has 1 heterocycles. The highest BCUT2D eigenvalue weighted by Crippen LogP contribution is 2.32. The van der Waals surface area contributed by atoms with Gasteiger partial charge in [-0.3, -0.25) is 15.1 Å². The minimum absolute atomic E-state index is 0.0566. The number of aryl methyl sites for hydroxylation is 1. The molecule has 0 fully saturated rings. The monoisotopic (exact) mass is 273 g/mol. The summed E-state index contributed by atoms with van der Waals surface area (Å²) in [5.74, 6) is 0.659. The highest BCUT2D eigenvalue weighted by molar-refractivity contribution is 5.52. The lowest BCUT2D eigenvalue weighted by molar-refractivity contribution is -0.385. The minimum Gasteiger partial charge on any atom is -0.448 e. The second-order valence-electron chi connectivity index (χ2n) is 4.27. The zero-order valence-corrected chi connectivity index (χ0v) is 11.3. The number of nitro groups is 1. The van der Waals surface area contributed by atoms with Gasteiger partial charge < -0.3 is 10.1 Å². The quantitative estimate of drug-likeness (QED) is 0.666. The number of ether oxygens (including phenoxy) is 1. The Labute approximate surface area is 116 Å². The second kappa shape index (κ2) is 6.01. The summed E-state index contributed by atoms with van der Waals surface area (Å²) in [6.07, 6.45) is 3.18. The molecule has 1 N–H and O–H groups in total. The zero-order chi connectivity index (χ0) is 14.5. The third-order valence-electron chi connectivity index (χ3n) is 2.63. The molecule has 104 valence electrons. The fourth-order valence-corrected chi connectivity index (χ4v) is 1.76. The third kappa shape index (κ3) is 3.23. The molecule has 1 aromatic carbocycles. The SMILES string of the molecule is CCNc1cncc(Oc2ccc(C)cc2[N+](=O)[O-])c1. The van der Waals surface area contributed by atoms with Crippen LogP contribution < -0.4 is 10.1 Å². The van der Waals surface area contributed by atoms with Crippen LogP contribution >= 0.6 is 0 Å². The molecular weight excluding hydrogens is 258 g/mol. The summed E-state index contributed by atoms with van der Waals surface area (Å²) in [6, 6.07) is 6.59. The largest absolute Gasteiger partial charge is 0.448 e. The Morgan fingerprint density at radius 3 is 2.85 bits per heavy atom. The van der Waals surface area contributed by atoms with Gasteiger partial charge in [-0.1, -0.05) is 6.07 Å². The number of nitrogens with zero attached hydrogens (tertiary/aromatic N) is 2. The van der Waals surface area contributed by atoms with E-state index in [1.807, 2.05) is 6.92 Å². The van der Waals surface area contributed by atoms with Gasteiger partial charge in [0.1, 0.15) is 5.75 Å². The van der Waals surface area contributed by atoms with Crippen LogP contribution in [0.1, 0.15) is 12.5 Å².